The lowest BCUT2D eigenvalue weighted by Gasteiger charge is -2.10. The maximum atomic E-state index is 14.8. The first-order valence-corrected chi connectivity index (χ1v) is 13.5. The summed E-state index contributed by atoms with van der Waals surface area (Å²) in [6.45, 7) is 4.16. The number of hydrogen-bond donors (Lipinski definition) is 1. The zero-order chi connectivity index (χ0) is 28.9. The monoisotopic (exact) mass is 551 g/mol. The Kier molecular flexibility index (Phi) is 8.10. The van der Waals surface area contributed by atoms with E-state index in [1.54, 1.807) is 30.3 Å². The minimum Gasteiger partial charge on any atom is -0.493 e. The molecule has 1 aromatic heterocycles. The van der Waals surface area contributed by atoms with Crippen LogP contribution in [0.2, 0.25) is 0 Å². The predicted octanol–water partition coefficient (Wildman–Crippen LogP) is 6.41. The molecule has 0 fully saturated rings. The maximum Gasteiger partial charge on any atom is 0.355 e. The Hall–Kier alpha value is -4.98. The number of benzene rings is 4. The van der Waals surface area contributed by atoms with E-state index in [-0.39, 0.29) is 11.3 Å². The average Bonchev–Trinajstić information content (AvgIpc) is 3.30. The molecular formula is C33H30FN3O4. The molecule has 8 heteroatoms. The molecule has 0 radical (unpaired) electrons. The molecule has 0 aliphatic carbocycles. The summed E-state index contributed by atoms with van der Waals surface area (Å²) in [4.78, 5) is 25.1. The van der Waals surface area contributed by atoms with E-state index in [0.29, 0.717) is 43.1 Å². The molecular weight excluding hydrogens is 521 g/mol. The highest BCUT2D eigenvalue weighted by Crippen LogP contribution is 2.27. The molecule has 0 aliphatic rings. The molecule has 1 heterocycles. The third kappa shape index (κ3) is 5.96. The van der Waals surface area contributed by atoms with Gasteiger partial charge in [0, 0.05) is 6.42 Å². The van der Waals surface area contributed by atoms with Gasteiger partial charge in [-0.2, -0.15) is 4.68 Å². The summed E-state index contributed by atoms with van der Waals surface area (Å²) in [6.07, 6.45) is 1.86. The van der Waals surface area contributed by atoms with Gasteiger partial charge < -0.3 is 9.84 Å². The largest absolute Gasteiger partial charge is 0.493 e. The molecule has 208 valence electrons. The fourth-order valence-electron chi connectivity index (χ4n) is 4.77. The summed E-state index contributed by atoms with van der Waals surface area (Å²) in [5.41, 5.74) is 4.31. The van der Waals surface area contributed by atoms with Gasteiger partial charge in [0.15, 0.2) is 0 Å². The van der Waals surface area contributed by atoms with E-state index in [4.69, 9.17) is 4.74 Å². The molecule has 5 rings (SSSR count). The number of aromatic carboxylic acids is 1. The quantitative estimate of drug-likeness (QED) is 0.217. The first-order chi connectivity index (χ1) is 19.9. The van der Waals surface area contributed by atoms with Gasteiger partial charge in [-0.1, -0.05) is 60.2 Å². The van der Waals surface area contributed by atoms with E-state index < -0.39 is 17.5 Å². The number of nitrogens with zero attached hydrogens (tertiary/aromatic N) is 3. The zero-order valence-corrected chi connectivity index (χ0v) is 22.9. The van der Waals surface area contributed by atoms with Gasteiger partial charge in [0.1, 0.15) is 23.0 Å². The van der Waals surface area contributed by atoms with Crippen molar-refractivity contribution in [1.82, 2.24) is 14.3 Å². The normalized spacial score (nSPS) is 11.0. The number of aromatic nitrogens is 3. The highest BCUT2D eigenvalue weighted by molar-refractivity contribution is 5.92. The molecule has 4 aromatic carbocycles. The average molecular weight is 552 g/mol. The van der Waals surface area contributed by atoms with E-state index in [1.165, 1.54) is 15.3 Å². The first-order valence-electron chi connectivity index (χ1n) is 13.5. The van der Waals surface area contributed by atoms with Crippen molar-refractivity contribution in [3.05, 3.63) is 130 Å². The van der Waals surface area contributed by atoms with Gasteiger partial charge in [-0.3, -0.25) is 0 Å². The van der Waals surface area contributed by atoms with Crippen molar-refractivity contribution in [3.63, 3.8) is 0 Å². The van der Waals surface area contributed by atoms with Crippen molar-refractivity contribution in [3.8, 4) is 28.3 Å². The van der Waals surface area contributed by atoms with Crippen LogP contribution in [0.3, 0.4) is 0 Å². The predicted molar refractivity (Wildman–Crippen MR) is 156 cm³/mol. The fraction of sp³-hybridized carbons (Fsp3) is 0.182. The second-order valence-electron chi connectivity index (χ2n) is 9.73. The molecule has 0 aliphatic heterocycles. The Morgan fingerprint density at radius 1 is 0.927 bits per heavy atom. The second kappa shape index (κ2) is 12.0. The fourth-order valence-corrected chi connectivity index (χ4v) is 4.77. The Labute approximate surface area is 237 Å². The van der Waals surface area contributed by atoms with Gasteiger partial charge in [-0.15, -0.1) is 5.10 Å². The van der Waals surface area contributed by atoms with Crippen molar-refractivity contribution in [2.45, 2.75) is 33.1 Å². The number of carboxylic acids is 1. The SMILES string of the molecule is CCOc1ccc(-c2ccc(CCCc3nn(-c4ccc(C)cc4)c(=O)n3-c3ccccc3F)cc2)cc1C(=O)O. The van der Waals surface area contributed by atoms with Gasteiger partial charge in [0.25, 0.3) is 0 Å². The van der Waals surface area contributed by atoms with Gasteiger partial charge in [-0.25, -0.2) is 18.5 Å². The number of carboxylic acid groups (broad SMARTS) is 1. The van der Waals surface area contributed by atoms with E-state index in [0.717, 1.165) is 22.3 Å². The third-order valence-electron chi connectivity index (χ3n) is 6.88. The van der Waals surface area contributed by atoms with Crippen LogP contribution in [0, 0.1) is 12.7 Å². The van der Waals surface area contributed by atoms with Gasteiger partial charge >= 0.3 is 11.7 Å². The van der Waals surface area contributed by atoms with Crippen LogP contribution in [0.25, 0.3) is 22.5 Å². The van der Waals surface area contributed by atoms with Crippen molar-refractivity contribution >= 4 is 5.97 Å². The summed E-state index contributed by atoms with van der Waals surface area (Å²) in [5.74, 6) is -0.701. The van der Waals surface area contributed by atoms with E-state index in [9.17, 15) is 19.1 Å². The van der Waals surface area contributed by atoms with Crippen molar-refractivity contribution < 1.29 is 19.0 Å². The van der Waals surface area contributed by atoms with Crippen molar-refractivity contribution in [1.29, 1.82) is 0 Å². The Morgan fingerprint density at radius 2 is 1.63 bits per heavy atom. The van der Waals surface area contributed by atoms with E-state index in [2.05, 4.69) is 5.10 Å². The summed E-state index contributed by atoms with van der Waals surface area (Å²) in [7, 11) is 0. The molecule has 0 amide bonds. The minimum atomic E-state index is -1.04. The van der Waals surface area contributed by atoms with Crippen LogP contribution < -0.4 is 10.4 Å². The third-order valence-corrected chi connectivity index (χ3v) is 6.88. The van der Waals surface area contributed by atoms with Crippen LogP contribution in [0.1, 0.15) is 40.7 Å². The van der Waals surface area contributed by atoms with Crippen molar-refractivity contribution in [2.75, 3.05) is 6.61 Å². The smallest absolute Gasteiger partial charge is 0.355 e. The number of carbonyl (C=O) groups is 1. The molecule has 41 heavy (non-hydrogen) atoms. The van der Waals surface area contributed by atoms with Crippen LogP contribution in [0.4, 0.5) is 4.39 Å². The van der Waals surface area contributed by atoms with E-state index in [1.807, 2.05) is 68.4 Å². The van der Waals surface area contributed by atoms with Gasteiger partial charge in [0.2, 0.25) is 0 Å². The van der Waals surface area contributed by atoms with Gasteiger partial charge in [-0.05, 0) is 79.8 Å². The second-order valence-corrected chi connectivity index (χ2v) is 9.73. The topological polar surface area (TPSA) is 86.4 Å². The van der Waals surface area contributed by atoms with Crippen molar-refractivity contribution in [2.24, 2.45) is 0 Å². The number of hydrogen-bond acceptors (Lipinski definition) is 4. The minimum absolute atomic E-state index is 0.124. The lowest BCUT2D eigenvalue weighted by molar-refractivity contribution is 0.0692. The molecule has 0 spiro atoms. The van der Waals surface area contributed by atoms with Crippen LogP contribution in [-0.4, -0.2) is 32.0 Å². The molecule has 0 saturated heterocycles. The number of aryl methyl sites for hydroxylation is 3. The summed E-state index contributed by atoms with van der Waals surface area (Å²) in [6, 6.07) is 26.7. The first kappa shape index (κ1) is 27.6. The molecule has 0 atom stereocenters. The highest BCUT2D eigenvalue weighted by atomic mass is 19.1. The maximum absolute atomic E-state index is 14.8. The summed E-state index contributed by atoms with van der Waals surface area (Å²) in [5, 5.41) is 14.2. The number of halogens is 1. The molecule has 1 N–H and O–H groups in total. The lowest BCUT2D eigenvalue weighted by atomic mass is 9.99. The molecule has 5 aromatic rings. The van der Waals surface area contributed by atoms with Crippen LogP contribution in [0.15, 0.2) is 95.8 Å². The summed E-state index contributed by atoms with van der Waals surface area (Å²) < 4.78 is 22.9. The molecule has 0 saturated carbocycles. The number of rotatable bonds is 10. The molecule has 0 bridgehead atoms. The number of ether oxygens (including phenoxy) is 1. The highest BCUT2D eigenvalue weighted by Gasteiger charge is 2.19. The van der Waals surface area contributed by atoms with Crippen LogP contribution >= 0.6 is 0 Å². The lowest BCUT2D eigenvalue weighted by Crippen LogP contribution is -2.24. The van der Waals surface area contributed by atoms with Gasteiger partial charge in [0.05, 0.1) is 18.0 Å². The molecule has 7 nitrogen and oxygen atoms in total. The Bertz CT molecular complexity index is 1740. The molecule has 0 unspecified atom stereocenters. The van der Waals surface area contributed by atoms with Crippen LogP contribution in [0.5, 0.6) is 5.75 Å². The zero-order valence-electron chi connectivity index (χ0n) is 22.9. The van der Waals surface area contributed by atoms with E-state index >= 15 is 0 Å². The Balaban J connectivity index is 1.36. The Morgan fingerprint density at radius 3 is 2.32 bits per heavy atom. The standard InChI is InChI=1S/C33H30FN3O4/c1-3-41-30-20-17-25(21-27(30)32(38)39)24-15-13-23(14-16-24)7-6-10-31-35-37(26-18-11-22(2)12-19-26)33(40)36(31)29-9-5-4-8-28(29)34/h4-5,8-9,11-21H,3,6-7,10H2,1-2H3,(H,38,39). The van der Waals surface area contributed by atoms with Crippen LogP contribution in [-0.2, 0) is 12.8 Å². The summed E-state index contributed by atoms with van der Waals surface area (Å²) >= 11 is 0. The number of para-hydroxylation sites is 1.